The maximum Gasteiger partial charge on any atom is 0.123 e. The van der Waals surface area contributed by atoms with E-state index >= 15 is 0 Å². The zero-order chi connectivity index (χ0) is 13.7. The minimum absolute atomic E-state index is 0.801. The molecule has 3 heteroatoms. The Morgan fingerprint density at radius 2 is 1.89 bits per heavy atom. The van der Waals surface area contributed by atoms with Crippen molar-refractivity contribution in [2.75, 3.05) is 7.11 Å². The van der Waals surface area contributed by atoms with E-state index < -0.39 is 0 Å². The highest BCUT2D eigenvalue weighted by molar-refractivity contribution is 9.10. The van der Waals surface area contributed by atoms with Gasteiger partial charge in [0.2, 0.25) is 0 Å². The highest BCUT2D eigenvalue weighted by atomic mass is 79.9. The number of hydrogen-bond donors (Lipinski definition) is 1. The molecule has 0 aliphatic carbocycles. The summed E-state index contributed by atoms with van der Waals surface area (Å²) >= 11 is 3.56. The molecule has 19 heavy (non-hydrogen) atoms. The molecule has 0 bridgehead atoms. The number of halogens is 1. The van der Waals surface area contributed by atoms with Gasteiger partial charge in [-0.1, -0.05) is 46.3 Å². The van der Waals surface area contributed by atoms with Crippen LogP contribution in [0.1, 0.15) is 16.7 Å². The van der Waals surface area contributed by atoms with Crippen LogP contribution >= 0.6 is 15.9 Å². The SMILES string of the molecule is COc1ccccc1CNCc1ccc(C)c(Br)c1. The number of para-hydroxylation sites is 1. The van der Waals surface area contributed by atoms with E-state index in [1.165, 1.54) is 16.7 Å². The molecule has 0 spiro atoms. The predicted octanol–water partition coefficient (Wildman–Crippen LogP) is 4.06. The molecule has 0 aromatic heterocycles. The number of benzene rings is 2. The monoisotopic (exact) mass is 319 g/mol. The summed E-state index contributed by atoms with van der Waals surface area (Å²) in [4.78, 5) is 0. The van der Waals surface area contributed by atoms with Crippen LogP contribution in [0.3, 0.4) is 0 Å². The Morgan fingerprint density at radius 3 is 2.63 bits per heavy atom. The van der Waals surface area contributed by atoms with Crippen molar-refractivity contribution in [1.82, 2.24) is 5.32 Å². The van der Waals surface area contributed by atoms with E-state index in [4.69, 9.17) is 4.74 Å². The van der Waals surface area contributed by atoms with Gasteiger partial charge in [0.1, 0.15) is 5.75 Å². The van der Waals surface area contributed by atoms with Crippen LogP contribution in [0.25, 0.3) is 0 Å². The van der Waals surface area contributed by atoms with Gasteiger partial charge in [-0.3, -0.25) is 0 Å². The number of aryl methyl sites for hydroxylation is 1. The first kappa shape index (κ1) is 14.1. The van der Waals surface area contributed by atoms with Crippen LogP contribution in [0.5, 0.6) is 5.75 Å². The Bertz CT molecular complexity index is 554. The van der Waals surface area contributed by atoms with Crippen molar-refractivity contribution in [2.24, 2.45) is 0 Å². The van der Waals surface area contributed by atoms with Crippen molar-refractivity contribution in [3.8, 4) is 5.75 Å². The largest absolute Gasteiger partial charge is 0.496 e. The van der Waals surface area contributed by atoms with Crippen LogP contribution in [-0.2, 0) is 13.1 Å². The number of rotatable bonds is 5. The van der Waals surface area contributed by atoms with E-state index in [2.05, 4.69) is 52.4 Å². The first-order valence-electron chi connectivity index (χ1n) is 6.28. The zero-order valence-electron chi connectivity index (χ0n) is 11.2. The summed E-state index contributed by atoms with van der Waals surface area (Å²) in [7, 11) is 1.70. The maximum atomic E-state index is 5.34. The van der Waals surface area contributed by atoms with E-state index in [0.717, 1.165) is 23.3 Å². The van der Waals surface area contributed by atoms with E-state index in [1.54, 1.807) is 7.11 Å². The van der Waals surface area contributed by atoms with E-state index in [0.29, 0.717) is 0 Å². The summed E-state index contributed by atoms with van der Waals surface area (Å²) in [5.74, 6) is 0.931. The van der Waals surface area contributed by atoms with Crippen molar-refractivity contribution < 1.29 is 4.74 Å². The van der Waals surface area contributed by atoms with Crippen LogP contribution in [0, 0.1) is 6.92 Å². The molecule has 2 rings (SSSR count). The molecule has 0 aliphatic rings. The minimum atomic E-state index is 0.801. The number of hydrogen-bond acceptors (Lipinski definition) is 2. The molecule has 0 saturated heterocycles. The van der Waals surface area contributed by atoms with Crippen molar-refractivity contribution >= 4 is 15.9 Å². The van der Waals surface area contributed by atoms with Crippen LogP contribution < -0.4 is 10.1 Å². The second-order valence-electron chi connectivity index (χ2n) is 4.50. The fraction of sp³-hybridized carbons (Fsp3) is 0.250. The molecule has 0 unspecified atom stereocenters. The summed E-state index contributed by atoms with van der Waals surface area (Å²) in [5, 5.41) is 3.44. The first-order valence-corrected chi connectivity index (χ1v) is 7.07. The molecule has 2 aromatic carbocycles. The molecule has 0 atom stereocenters. The molecular weight excluding hydrogens is 302 g/mol. The molecule has 0 amide bonds. The maximum absolute atomic E-state index is 5.34. The second-order valence-corrected chi connectivity index (χ2v) is 5.35. The molecule has 2 nitrogen and oxygen atoms in total. The zero-order valence-corrected chi connectivity index (χ0v) is 12.8. The summed E-state index contributed by atoms with van der Waals surface area (Å²) in [6.45, 7) is 3.74. The third-order valence-electron chi connectivity index (χ3n) is 3.07. The fourth-order valence-electron chi connectivity index (χ4n) is 1.94. The third-order valence-corrected chi connectivity index (χ3v) is 3.93. The Labute approximate surface area is 122 Å². The molecule has 0 fully saturated rings. The van der Waals surface area contributed by atoms with Crippen molar-refractivity contribution in [3.63, 3.8) is 0 Å². The van der Waals surface area contributed by atoms with Crippen LogP contribution in [0.2, 0.25) is 0 Å². The van der Waals surface area contributed by atoms with Gasteiger partial charge in [-0.2, -0.15) is 0 Å². The fourth-order valence-corrected chi connectivity index (χ4v) is 2.36. The average molecular weight is 320 g/mol. The minimum Gasteiger partial charge on any atom is -0.496 e. The van der Waals surface area contributed by atoms with Crippen LogP contribution in [0.15, 0.2) is 46.9 Å². The summed E-state index contributed by atoms with van der Waals surface area (Å²) in [6, 6.07) is 14.5. The molecule has 1 N–H and O–H groups in total. The molecular formula is C16H18BrNO. The lowest BCUT2D eigenvalue weighted by atomic mass is 10.1. The van der Waals surface area contributed by atoms with Crippen LogP contribution in [-0.4, -0.2) is 7.11 Å². The van der Waals surface area contributed by atoms with Gasteiger partial charge in [0.05, 0.1) is 7.11 Å². The Morgan fingerprint density at radius 1 is 1.11 bits per heavy atom. The quantitative estimate of drug-likeness (QED) is 0.897. The van der Waals surface area contributed by atoms with Gasteiger partial charge in [-0.05, 0) is 30.2 Å². The molecule has 0 radical (unpaired) electrons. The first-order chi connectivity index (χ1) is 9.20. The van der Waals surface area contributed by atoms with Gasteiger partial charge in [0, 0.05) is 23.1 Å². The molecule has 0 aliphatic heterocycles. The van der Waals surface area contributed by atoms with E-state index in [-0.39, 0.29) is 0 Å². The third kappa shape index (κ3) is 3.82. The van der Waals surface area contributed by atoms with Gasteiger partial charge in [-0.15, -0.1) is 0 Å². The highest BCUT2D eigenvalue weighted by Crippen LogP contribution is 2.19. The number of nitrogens with one attached hydrogen (secondary N) is 1. The Kier molecular flexibility index (Phi) is 5.00. The summed E-state index contributed by atoms with van der Waals surface area (Å²) in [5.41, 5.74) is 3.71. The topological polar surface area (TPSA) is 21.3 Å². The summed E-state index contributed by atoms with van der Waals surface area (Å²) in [6.07, 6.45) is 0. The van der Waals surface area contributed by atoms with E-state index in [1.807, 2.05) is 18.2 Å². The standard InChI is InChI=1S/C16H18BrNO/c1-12-7-8-13(9-15(12)17)10-18-11-14-5-3-4-6-16(14)19-2/h3-9,18H,10-11H2,1-2H3. The Balaban J connectivity index is 1.94. The predicted molar refractivity (Wildman–Crippen MR) is 82.4 cm³/mol. The van der Waals surface area contributed by atoms with Crippen molar-refractivity contribution in [3.05, 3.63) is 63.6 Å². The second kappa shape index (κ2) is 6.73. The number of ether oxygens (including phenoxy) is 1. The normalized spacial score (nSPS) is 10.5. The van der Waals surface area contributed by atoms with E-state index in [9.17, 15) is 0 Å². The van der Waals surface area contributed by atoms with Crippen molar-refractivity contribution in [1.29, 1.82) is 0 Å². The molecule has 0 saturated carbocycles. The number of methoxy groups -OCH3 is 1. The molecule has 2 aromatic rings. The van der Waals surface area contributed by atoms with Gasteiger partial charge in [0.15, 0.2) is 0 Å². The van der Waals surface area contributed by atoms with Gasteiger partial charge >= 0.3 is 0 Å². The lowest BCUT2D eigenvalue weighted by Gasteiger charge is -2.10. The van der Waals surface area contributed by atoms with Gasteiger partial charge in [-0.25, -0.2) is 0 Å². The van der Waals surface area contributed by atoms with Crippen LogP contribution in [0.4, 0.5) is 0 Å². The lowest BCUT2D eigenvalue weighted by molar-refractivity contribution is 0.407. The average Bonchev–Trinajstić information content (AvgIpc) is 2.43. The highest BCUT2D eigenvalue weighted by Gasteiger charge is 2.01. The lowest BCUT2D eigenvalue weighted by Crippen LogP contribution is -2.13. The molecule has 100 valence electrons. The van der Waals surface area contributed by atoms with Crippen molar-refractivity contribution in [2.45, 2.75) is 20.0 Å². The van der Waals surface area contributed by atoms with Gasteiger partial charge < -0.3 is 10.1 Å². The smallest absolute Gasteiger partial charge is 0.123 e. The van der Waals surface area contributed by atoms with Gasteiger partial charge in [0.25, 0.3) is 0 Å². The molecule has 0 heterocycles. The Hall–Kier alpha value is -1.32. The summed E-state index contributed by atoms with van der Waals surface area (Å²) < 4.78 is 6.49.